The van der Waals surface area contributed by atoms with E-state index in [4.69, 9.17) is 0 Å². The largest absolute Gasteiger partial charge is 0.350 e. The van der Waals surface area contributed by atoms with E-state index in [0.717, 1.165) is 40.8 Å². The normalized spacial score (nSPS) is 13.6. The van der Waals surface area contributed by atoms with E-state index < -0.39 is 15.9 Å². The van der Waals surface area contributed by atoms with Gasteiger partial charge in [-0.25, -0.2) is 8.42 Å². The molecule has 0 saturated carbocycles. The van der Waals surface area contributed by atoms with Crippen molar-refractivity contribution in [3.8, 4) is 0 Å². The van der Waals surface area contributed by atoms with Gasteiger partial charge in [-0.05, 0) is 67.6 Å². The Bertz CT molecular complexity index is 1400. The van der Waals surface area contributed by atoms with Gasteiger partial charge in [0.25, 0.3) is 10.0 Å². The number of hydrogen-bond acceptors (Lipinski definition) is 4. The summed E-state index contributed by atoms with van der Waals surface area (Å²) in [6, 6.07) is 19.7. The van der Waals surface area contributed by atoms with Crippen LogP contribution in [0.4, 0.5) is 5.69 Å². The van der Waals surface area contributed by atoms with Crippen LogP contribution in [0.2, 0.25) is 0 Å². The molecule has 4 rings (SSSR count). The topological polar surface area (TPSA) is 86.8 Å². The molecule has 1 heterocycles. The molecule has 8 heteroatoms. The van der Waals surface area contributed by atoms with Gasteiger partial charge in [-0.2, -0.15) is 0 Å². The Kier molecular flexibility index (Phi) is 7.97. The van der Waals surface area contributed by atoms with Crippen molar-refractivity contribution in [2.75, 3.05) is 17.4 Å². The highest BCUT2D eigenvalue weighted by molar-refractivity contribution is 7.92. The average molecular weight is 520 g/mol. The lowest BCUT2D eigenvalue weighted by atomic mass is 10.1. The highest BCUT2D eigenvalue weighted by Gasteiger charge is 2.28. The van der Waals surface area contributed by atoms with E-state index in [1.54, 1.807) is 36.4 Å². The molecule has 3 aromatic carbocycles. The van der Waals surface area contributed by atoms with Crippen LogP contribution >= 0.6 is 0 Å². The van der Waals surface area contributed by atoms with Crippen LogP contribution in [-0.2, 0) is 32.7 Å². The van der Waals surface area contributed by atoms with Crippen LogP contribution in [0.1, 0.15) is 40.7 Å². The van der Waals surface area contributed by atoms with Crippen molar-refractivity contribution in [3.05, 3.63) is 94.5 Å². The van der Waals surface area contributed by atoms with Gasteiger partial charge >= 0.3 is 0 Å². The molecular formula is C29H33N3O4S. The lowest BCUT2D eigenvalue weighted by Gasteiger charge is -2.26. The summed E-state index contributed by atoms with van der Waals surface area (Å²) in [7, 11) is -3.99. The van der Waals surface area contributed by atoms with Crippen molar-refractivity contribution in [1.82, 2.24) is 10.2 Å². The van der Waals surface area contributed by atoms with Gasteiger partial charge < -0.3 is 10.2 Å². The molecule has 0 aromatic heterocycles. The fourth-order valence-electron chi connectivity index (χ4n) is 4.48. The van der Waals surface area contributed by atoms with Gasteiger partial charge in [-0.3, -0.25) is 13.9 Å². The van der Waals surface area contributed by atoms with Gasteiger partial charge in [0.2, 0.25) is 11.8 Å². The number of amides is 2. The predicted molar refractivity (Wildman–Crippen MR) is 145 cm³/mol. The summed E-state index contributed by atoms with van der Waals surface area (Å²) in [6.07, 6.45) is 1.43. The minimum absolute atomic E-state index is 0.132. The second-order valence-corrected chi connectivity index (χ2v) is 11.4. The van der Waals surface area contributed by atoms with Crippen LogP contribution in [0.15, 0.2) is 71.6 Å². The number of nitrogens with one attached hydrogen (secondary N) is 1. The Hall–Kier alpha value is -3.65. The number of nitrogens with zero attached hydrogens (tertiary/aromatic N) is 2. The molecule has 0 aliphatic carbocycles. The first-order valence-corrected chi connectivity index (χ1v) is 13.9. The van der Waals surface area contributed by atoms with E-state index in [-0.39, 0.29) is 23.9 Å². The predicted octanol–water partition coefficient (Wildman–Crippen LogP) is 4.25. The molecule has 1 N–H and O–H groups in total. The number of hydrogen-bond donors (Lipinski definition) is 1. The fraction of sp³-hybridized carbons (Fsp3) is 0.310. The van der Waals surface area contributed by atoms with Crippen LogP contribution < -0.4 is 9.62 Å². The van der Waals surface area contributed by atoms with E-state index in [1.165, 1.54) is 4.31 Å². The number of benzene rings is 3. The third kappa shape index (κ3) is 6.02. The summed E-state index contributed by atoms with van der Waals surface area (Å²) < 4.78 is 28.6. The van der Waals surface area contributed by atoms with Gasteiger partial charge in [0.15, 0.2) is 0 Å². The molecule has 37 heavy (non-hydrogen) atoms. The molecule has 1 saturated heterocycles. The summed E-state index contributed by atoms with van der Waals surface area (Å²) in [5.41, 5.74) is 5.03. The third-order valence-corrected chi connectivity index (χ3v) is 8.64. The molecule has 1 aliphatic heterocycles. The lowest BCUT2D eigenvalue weighted by molar-refractivity contribution is -0.128. The van der Waals surface area contributed by atoms with Gasteiger partial charge in [-0.1, -0.05) is 54.1 Å². The minimum Gasteiger partial charge on any atom is -0.350 e. The lowest BCUT2D eigenvalue weighted by Crippen LogP contribution is -2.41. The second-order valence-electron chi connectivity index (χ2n) is 9.51. The number of likely N-dealkylation sites (tertiary alicyclic amines) is 1. The first-order valence-electron chi connectivity index (χ1n) is 12.4. The van der Waals surface area contributed by atoms with Crippen molar-refractivity contribution in [1.29, 1.82) is 0 Å². The Morgan fingerprint density at radius 2 is 1.65 bits per heavy atom. The summed E-state index contributed by atoms with van der Waals surface area (Å²) in [4.78, 5) is 27.2. The standard InChI is InChI=1S/C29H33N3O4S/c1-21-13-15-26(16-14-21)37(35,36)32(27-11-6-8-22(2)23(27)3)20-28(33)30-18-24-9-4-5-10-25(24)19-31-17-7-12-29(31)34/h4-6,8-11,13-16H,7,12,17-20H2,1-3H3,(H,30,33). The van der Waals surface area contributed by atoms with Crippen molar-refractivity contribution >= 4 is 27.5 Å². The zero-order valence-corrected chi connectivity index (χ0v) is 22.3. The van der Waals surface area contributed by atoms with Gasteiger partial charge in [0, 0.05) is 26.1 Å². The Morgan fingerprint density at radius 3 is 2.32 bits per heavy atom. The number of anilines is 1. The molecule has 1 aliphatic rings. The van der Waals surface area contributed by atoms with Crippen molar-refractivity contribution in [3.63, 3.8) is 0 Å². The maximum absolute atomic E-state index is 13.7. The Balaban J connectivity index is 1.56. The molecule has 3 aromatic rings. The molecule has 0 atom stereocenters. The van der Waals surface area contributed by atoms with Crippen LogP contribution in [-0.4, -0.2) is 38.2 Å². The Labute approximate surface area is 219 Å². The summed E-state index contributed by atoms with van der Waals surface area (Å²) in [5, 5.41) is 2.89. The number of carbonyl (C=O) groups is 2. The third-order valence-electron chi connectivity index (χ3n) is 6.87. The maximum atomic E-state index is 13.7. The Morgan fingerprint density at radius 1 is 0.946 bits per heavy atom. The number of sulfonamides is 1. The minimum atomic E-state index is -3.99. The second kappa shape index (κ2) is 11.2. The molecule has 194 valence electrons. The summed E-state index contributed by atoms with van der Waals surface area (Å²) in [6.45, 7) is 6.79. The molecular weight excluding hydrogens is 486 g/mol. The first kappa shape index (κ1) is 26.4. The van der Waals surface area contributed by atoms with E-state index in [0.29, 0.717) is 18.7 Å². The fourth-order valence-corrected chi connectivity index (χ4v) is 5.96. The molecule has 1 fully saturated rings. The molecule has 7 nitrogen and oxygen atoms in total. The molecule has 2 amide bonds. The number of carbonyl (C=O) groups excluding carboxylic acids is 2. The highest BCUT2D eigenvalue weighted by atomic mass is 32.2. The van der Waals surface area contributed by atoms with Crippen molar-refractivity contribution < 1.29 is 18.0 Å². The van der Waals surface area contributed by atoms with E-state index in [1.807, 2.05) is 56.0 Å². The van der Waals surface area contributed by atoms with E-state index >= 15 is 0 Å². The van der Waals surface area contributed by atoms with Gasteiger partial charge in [0.05, 0.1) is 10.6 Å². The first-order chi connectivity index (χ1) is 17.7. The van der Waals surface area contributed by atoms with Crippen LogP contribution in [0, 0.1) is 20.8 Å². The number of aryl methyl sites for hydroxylation is 2. The van der Waals surface area contributed by atoms with Crippen LogP contribution in [0.3, 0.4) is 0 Å². The summed E-state index contributed by atoms with van der Waals surface area (Å²) >= 11 is 0. The van der Waals surface area contributed by atoms with Crippen molar-refractivity contribution in [2.24, 2.45) is 0 Å². The van der Waals surface area contributed by atoms with Crippen LogP contribution in [0.25, 0.3) is 0 Å². The molecule has 0 spiro atoms. The quantitative estimate of drug-likeness (QED) is 0.458. The average Bonchev–Trinajstić information content (AvgIpc) is 3.28. The SMILES string of the molecule is Cc1ccc(S(=O)(=O)N(CC(=O)NCc2ccccc2CN2CCCC2=O)c2cccc(C)c2C)cc1. The molecule has 0 unspecified atom stereocenters. The van der Waals surface area contributed by atoms with Gasteiger partial charge in [0.1, 0.15) is 6.54 Å². The molecule has 0 radical (unpaired) electrons. The number of rotatable bonds is 9. The summed E-state index contributed by atoms with van der Waals surface area (Å²) in [5.74, 6) is -0.270. The monoisotopic (exact) mass is 519 g/mol. The van der Waals surface area contributed by atoms with Crippen LogP contribution in [0.5, 0.6) is 0 Å². The highest BCUT2D eigenvalue weighted by Crippen LogP contribution is 2.28. The maximum Gasteiger partial charge on any atom is 0.264 e. The zero-order chi connectivity index (χ0) is 26.6. The van der Waals surface area contributed by atoms with E-state index in [9.17, 15) is 18.0 Å². The van der Waals surface area contributed by atoms with E-state index in [2.05, 4.69) is 5.32 Å². The van der Waals surface area contributed by atoms with Gasteiger partial charge in [-0.15, -0.1) is 0 Å². The zero-order valence-electron chi connectivity index (χ0n) is 21.5. The molecule has 0 bridgehead atoms. The van der Waals surface area contributed by atoms with Crippen molar-refractivity contribution in [2.45, 2.75) is 51.6 Å². The smallest absolute Gasteiger partial charge is 0.264 e.